The van der Waals surface area contributed by atoms with E-state index in [0.29, 0.717) is 13.1 Å². The molecule has 0 bridgehead atoms. The van der Waals surface area contributed by atoms with E-state index in [2.05, 4.69) is 0 Å². The van der Waals surface area contributed by atoms with Gasteiger partial charge in [-0.05, 0) is 24.6 Å². The number of sulfonamides is 1. The van der Waals surface area contributed by atoms with Crippen LogP contribution in [0.3, 0.4) is 0 Å². The molecule has 1 saturated heterocycles. The van der Waals surface area contributed by atoms with Gasteiger partial charge in [0.25, 0.3) is 0 Å². The highest BCUT2D eigenvalue weighted by atomic mass is 32.2. The maximum atomic E-state index is 12.6. The Morgan fingerprint density at radius 2 is 1.54 bits per heavy atom. The summed E-state index contributed by atoms with van der Waals surface area (Å²) in [4.78, 5) is 14.6. The van der Waals surface area contributed by atoms with Crippen LogP contribution in [-0.2, 0) is 14.8 Å². The third kappa shape index (κ3) is 3.80. The largest absolute Gasteiger partial charge is 0.338 e. The predicted molar refractivity (Wildman–Crippen MR) is 99.9 cm³/mol. The molecule has 6 nitrogen and oxygen atoms in total. The first kappa shape index (κ1) is 18.6. The van der Waals surface area contributed by atoms with Crippen molar-refractivity contribution in [1.82, 2.24) is 9.21 Å². The molecule has 2 aromatic rings. The smallest absolute Gasteiger partial charge is 0.244 e. The second-order valence-corrected chi connectivity index (χ2v) is 8.37. The molecule has 26 heavy (non-hydrogen) atoms. The topological polar surface area (TPSA) is 83.7 Å². The fourth-order valence-corrected chi connectivity index (χ4v) is 4.45. The lowest BCUT2D eigenvalue weighted by Crippen LogP contribution is -2.52. The van der Waals surface area contributed by atoms with E-state index in [0.717, 1.165) is 11.1 Å². The van der Waals surface area contributed by atoms with Crippen molar-refractivity contribution in [3.8, 4) is 0 Å². The van der Waals surface area contributed by atoms with Crippen LogP contribution in [0.4, 0.5) is 0 Å². The molecule has 138 valence electrons. The highest BCUT2D eigenvalue weighted by Crippen LogP contribution is 2.19. The number of hydrogen-bond donors (Lipinski definition) is 1. The fourth-order valence-electron chi connectivity index (χ4n) is 3.00. The molecular formula is C19H23N3O3S. The Morgan fingerprint density at radius 3 is 2.12 bits per heavy atom. The Kier molecular flexibility index (Phi) is 5.41. The Hall–Kier alpha value is -2.22. The third-order valence-electron chi connectivity index (χ3n) is 4.63. The van der Waals surface area contributed by atoms with Crippen LogP contribution in [0.25, 0.3) is 0 Å². The predicted octanol–water partition coefficient (Wildman–Crippen LogP) is 1.53. The number of aryl methyl sites for hydroxylation is 1. The number of piperazine rings is 1. The summed E-state index contributed by atoms with van der Waals surface area (Å²) < 4.78 is 26.7. The van der Waals surface area contributed by atoms with Crippen LogP contribution in [0.1, 0.15) is 17.2 Å². The first-order valence-corrected chi connectivity index (χ1v) is 10.00. The van der Waals surface area contributed by atoms with Crippen LogP contribution >= 0.6 is 0 Å². The van der Waals surface area contributed by atoms with Crippen molar-refractivity contribution in [2.45, 2.75) is 17.9 Å². The van der Waals surface area contributed by atoms with E-state index in [1.807, 2.05) is 31.2 Å². The van der Waals surface area contributed by atoms with Gasteiger partial charge >= 0.3 is 0 Å². The molecule has 0 spiro atoms. The Balaban J connectivity index is 1.65. The van der Waals surface area contributed by atoms with Crippen LogP contribution in [0.15, 0.2) is 59.5 Å². The van der Waals surface area contributed by atoms with Gasteiger partial charge in [0.05, 0.1) is 4.90 Å². The van der Waals surface area contributed by atoms with E-state index in [4.69, 9.17) is 5.73 Å². The third-order valence-corrected chi connectivity index (χ3v) is 6.55. The molecule has 0 saturated carbocycles. The zero-order valence-corrected chi connectivity index (χ0v) is 15.5. The number of benzene rings is 2. The first-order valence-electron chi connectivity index (χ1n) is 8.56. The van der Waals surface area contributed by atoms with Crippen LogP contribution in [0, 0.1) is 6.92 Å². The van der Waals surface area contributed by atoms with E-state index in [1.54, 1.807) is 35.2 Å². The van der Waals surface area contributed by atoms with Gasteiger partial charge in [-0.25, -0.2) is 8.42 Å². The molecule has 2 aromatic carbocycles. The average Bonchev–Trinajstić information content (AvgIpc) is 2.68. The van der Waals surface area contributed by atoms with E-state index < -0.39 is 16.1 Å². The molecule has 1 fully saturated rings. The van der Waals surface area contributed by atoms with Crippen LogP contribution in [-0.4, -0.2) is 49.7 Å². The van der Waals surface area contributed by atoms with Gasteiger partial charge in [0.2, 0.25) is 15.9 Å². The second kappa shape index (κ2) is 7.57. The van der Waals surface area contributed by atoms with Gasteiger partial charge in [-0.15, -0.1) is 0 Å². The summed E-state index contributed by atoms with van der Waals surface area (Å²) >= 11 is 0. The number of rotatable bonds is 4. The standard InChI is InChI=1S/C19H23N3O3S/c1-15-7-9-16(10-8-15)18(20)19(23)21-11-13-22(14-12-21)26(24,25)17-5-3-2-4-6-17/h2-10,18H,11-14,20H2,1H3. The SMILES string of the molecule is Cc1ccc(C(N)C(=O)N2CCN(S(=O)(=O)c3ccccc3)CC2)cc1. The van der Waals surface area contributed by atoms with Crippen molar-refractivity contribution < 1.29 is 13.2 Å². The minimum absolute atomic E-state index is 0.175. The molecule has 1 atom stereocenters. The van der Waals surface area contributed by atoms with Gasteiger partial charge < -0.3 is 10.6 Å². The molecule has 1 aliphatic heterocycles. The van der Waals surface area contributed by atoms with E-state index >= 15 is 0 Å². The lowest BCUT2D eigenvalue weighted by atomic mass is 10.0. The van der Waals surface area contributed by atoms with Gasteiger partial charge in [0.15, 0.2) is 0 Å². The lowest BCUT2D eigenvalue weighted by Gasteiger charge is -2.35. The minimum atomic E-state index is -3.52. The summed E-state index contributed by atoms with van der Waals surface area (Å²) in [5.41, 5.74) is 7.98. The normalized spacial score (nSPS) is 17.1. The lowest BCUT2D eigenvalue weighted by molar-refractivity contribution is -0.133. The molecule has 3 rings (SSSR count). The highest BCUT2D eigenvalue weighted by molar-refractivity contribution is 7.89. The Morgan fingerprint density at radius 1 is 0.962 bits per heavy atom. The van der Waals surface area contributed by atoms with Crippen LogP contribution in [0.2, 0.25) is 0 Å². The van der Waals surface area contributed by atoms with Crippen molar-refractivity contribution in [2.24, 2.45) is 5.73 Å². The maximum Gasteiger partial charge on any atom is 0.244 e. The number of carbonyl (C=O) groups is 1. The summed E-state index contributed by atoms with van der Waals surface area (Å²) in [6, 6.07) is 15.2. The van der Waals surface area contributed by atoms with Crippen LogP contribution in [0.5, 0.6) is 0 Å². The van der Waals surface area contributed by atoms with Crippen molar-refractivity contribution in [1.29, 1.82) is 0 Å². The molecule has 1 heterocycles. The number of nitrogens with zero attached hydrogens (tertiary/aromatic N) is 2. The minimum Gasteiger partial charge on any atom is -0.338 e. The summed E-state index contributed by atoms with van der Waals surface area (Å²) in [7, 11) is -3.52. The Labute approximate surface area is 154 Å². The number of amides is 1. The summed E-state index contributed by atoms with van der Waals surface area (Å²) in [6.45, 7) is 3.19. The summed E-state index contributed by atoms with van der Waals surface area (Å²) in [5, 5.41) is 0. The fraction of sp³-hybridized carbons (Fsp3) is 0.316. The monoisotopic (exact) mass is 373 g/mol. The molecule has 1 aliphatic rings. The zero-order valence-electron chi connectivity index (χ0n) is 14.7. The van der Waals surface area contributed by atoms with Crippen LogP contribution < -0.4 is 5.73 Å². The van der Waals surface area contributed by atoms with Gasteiger partial charge in [-0.1, -0.05) is 48.0 Å². The summed E-state index contributed by atoms with van der Waals surface area (Å²) in [5.74, 6) is -0.175. The molecule has 7 heteroatoms. The van der Waals surface area contributed by atoms with Crippen molar-refractivity contribution in [2.75, 3.05) is 26.2 Å². The van der Waals surface area contributed by atoms with E-state index in [-0.39, 0.29) is 23.9 Å². The molecule has 0 radical (unpaired) electrons. The zero-order chi connectivity index (χ0) is 18.7. The summed E-state index contributed by atoms with van der Waals surface area (Å²) in [6.07, 6.45) is 0. The molecule has 2 N–H and O–H groups in total. The molecule has 1 unspecified atom stereocenters. The molecule has 0 aromatic heterocycles. The molecule has 1 amide bonds. The maximum absolute atomic E-state index is 12.6. The first-order chi connectivity index (χ1) is 12.4. The van der Waals surface area contributed by atoms with Gasteiger partial charge in [-0.3, -0.25) is 4.79 Å². The second-order valence-electron chi connectivity index (χ2n) is 6.43. The Bertz CT molecular complexity index is 859. The molecule has 0 aliphatic carbocycles. The number of carbonyl (C=O) groups excluding carboxylic acids is 1. The van der Waals surface area contributed by atoms with Gasteiger partial charge in [-0.2, -0.15) is 4.31 Å². The van der Waals surface area contributed by atoms with Gasteiger partial charge in [0, 0.05) is 26.2 Å². The number of hydrogen-bond acceptors (Lipinski definition) is 4. The average molecular weight is 373 g/mol. The number of nitrogens with two attached hydrogens (primary N) is 1. The highest BCUT2D eigenvalue weighted by Gasteiger charge is 2.31. The van der Waals surface area contributed by atoms with E-state index in [9.17, 15) is 13.2 Å². The molecular weight excluding hydrogens is 350 g/mol. The van der Waals surface area contributed by atoms with Gasteiger partial charge in [0.1, 0.15) is 6.04 Å². The quantitative estimate of drug-likeness (QED) is 0.881. The van der Waals surface area contributed by atoms with Crippen molar-refractivity contribution >= 4 is 15.9 Å². The van der Waals surface area contributed by atoms with Crippen molar-refractivity contribution in [3.63, 3.8) is 0 Å². The van der Waals surface area contributed by atoms with E-state index in [1.165, 1.54) is 4.31 Å². The van der Waals surface area contributed by atoms with Crippen molar-refractivity contribution in [3.05, 3.63) is 65.7 Å².